The molecule has 0 heterocycles. The second-order valence-electron chi connectivity index (χ2n) is 6.45. The second-order valence-corrected chi connectivity index (χ2v) is 6.45. The third-order valence-electron chi connectivity index (χ3n) is 4.68. The minimum absolute atomic E-state index is 0.797. The van der Waals surface area contributed by atoms with Gasteiger partial charge in [-0.2, -0.15) is 0 Å². The Bertz CT molecular complexity index is 196. The predicted octanol–water partition coefficient (Wildman–Crippen LogP) is 3.84. The van der Waals surface area contributed by atoms with Gasteiger partial charge in [0.25, 0.3) is 0 Å². The van der Waals surface area contributed by atoms with Crippen LogP contribution in [0.4, 0.5) is 0 Å². The van der Waals surface area contributed by atoms with Crippen molar-refractivity contribution in [2.75, 3.05) is 13.1 Å². The van der Waals surface area contributed by atoms with Gasteiger partial charge in [0, 0.05) is 0 Å². The van der Waals surface area contributed by atoms with E-state index < -0.39 is 0 Å². The Labute approximate surface area is 101 Å². The highest BCUT2D eigenvalue weighted by Crippen LogP contribution is 2.43. The summed E-state index contributed by atoms with van der Waals surface area (Å²) >= 11 is 0. The number of rotatable bonds is 5. The molecule has 0 saturated heterocycles. The maximum Gasteiger partial charge on any atom is -0.00177 e. The smallest absolute Gasteiger partial charge is 0.00177 e. The monoisotopic (exact) mass is 223 g/mol. The molecule has 0 aliphatic heterocycles. The zero-order chi connectivity index (χ0) is 11.4. The van der Waals surface area contributed by atoms with E-state index in [1.54, 1.807) is 0 Å². The van der Waals surface area contributed by atoms with Crippen LogP contribution in [0.25, 0.3) is 0 Å². The standard InChI is InChI=1S/C15H29N/c1-12(2)10-16-11-14-6-3-4-9-15(14)13-7-5-8-13/h12-16H,3-11H2,1-2H3. The van der Waals surface area contributed by atoms with Gasteiger partial charge in [0.15, 0.2) is 0 Å². The SMILES string of the molecule is CC(C)CNCC1CCCCC1C1CCC1. The van der Waals surface area contributed by atoms with Crippen molar-refractivity contribution in [1.29, 1.82) is 0 Å². The molecule has 0 spiro atoms. The van der Waals surface area contributed by atoms with Gasteiger partial charge in [-0.05, 0) is 49.6 Å². The van der Waals surface area contributed by atoms with Crippen molar-refractivity contribution < 1.29 is 0 Å². The molecular weight excluding hydrogens is 194 g/mol. The van der Waals surface area contributed by atoms with Gasteiger partial charge in [-0.15, -0.1) is 0 Å². The molecule has 0 bridgehead atoms. The Hall–Kier alpha value is -0.0400. The highest BCUT2D eigenvalue weighted by atomic mass is 14.9. The molecule has 2 rings (SSSR count). The number of hydrogen-bond donors (Lipinski definition) is 1. The first-order chi connectivity index (χ1) is 7.77. The quantitative estimate of drug-likeness (QED) is 0.747. The molecule has 2 saturated carbocycles. The normalized spacial score (nSPS) is 31.7. The Morgan fingerprint density at radius 1 is 1.00 bits per heavy atom. The van der Waals surface area contributed by atoms with E-state index in [9.17, 15) is 0 Å². The highest BCUT2D eigenvalue weighted by molar-refractivity contribution is 4.86. The molecule has 0 aromatic heterocycles. The maximum absolute atomic E-state index is 3.69. The van der Waals surface area contributed by atoms with Crippen molar-refractivity contribution in [3.05, 3.63) is 0 Å². The summed E-state index contributed by atoms with van der Waals surface area (Å²) < 4.78 is 0. The minimum Gasteiger partial charge on any atom is -0.316 e. The lowest BCUT2D eigenvalue weighted by Gasteiger charge is -2.41. The van der Waals surface area contributed by atoms with Gasteiger partial charge in [-0.3, -0.25) is 0 Å². The van der Waals surface area contributed by atoms with Crippen LogP contribution in [0.15, 0.2) is 0 Å². The van der Waals surface area contributed by atoms with Crippen molar-refractivity contribution in [2.45, 2.75) is 58.8 Å². The first kappa shape index (κ1) is 12.4. The van der Waals surface area contributed by atoms with Gasteiger partial charge >= 0.3 is 0 Å². The van der Waals surface area contributed by atoms with Gasteiger partial charge in [0.2, 0.25) is 0 Å². The Morgan fingerprint density at radius 2 is 1.75 bits per heavy atom. The summed E-state index contributed by atoms with van der Waals surface area (Å²) in [6.45, 7) is 7.10. The van der Waals surface area contributed by atoms with E-state index in [1.807, 2.05) is 0 Å². The molecular formula is C15H29N. The van der Waals surface area contributed by atoms with Gasteiger partial charge in [0.05, 0.1) is 0 Å². The molecule has 2 atom stereocenters. The minimum atomic E-state index is 0.797. The number of nitrogens with one attached hydrogen (secondary N) is 1. The van der Waals surface area contributed by atoms with E-state index in [0.29, 0.717) is 0 Å². The lowest BCUT2D eigenvalue weighted by atomic mass is 9.65. The fourth-order valence-electron chi connectivity index (χ4n) is 3.54. The van der Waals surface area contributed by atoms with Crippen molar-refractivity contribution in [2.24, 2.45) is 23.7 Å². The molecule has 2 aliphatic carbocycles. The molecule has 0 aromatic carbocycles. The lowest BCUT2D eigenvalue weighted by molar-refractivity contribution is 0.101. The Balaban J connectivity index is 1.75. The third kappa shape index (κ3) is 3.23. The maximum atomic E-state index is 3.69. The van der Waals surface area contributed by atoms with Crippen molar-refractivity contribution >= 4 is 0 Å². The fourth-order valence-corrected chi connectivity index (χ4v) is 3.54. The Morgan fingerprint density at radius 3 is 2.38 bits per heavy atom. The van der Waals surface area contributed by atoms with Gasteiger partial charge in [-0.25, -0.2) is 0 Å². The molecule has 1 nitrogen and oxygen atoms in total. The third-order valence-corrected chi connectivity index (χ3v) is 4.68. The van der Waals surface area contributed by atoms with Crippen LogP contribution in [0.1, 0.15) is 58.8 Å². The first-order valence-electron chi connectivity index (χ1n) is 7.48. The Kier molecular flexibility index (Phi) is 4.69. The molecule has 0 amide bonds. The zero-order valence-electron chi connectivity index (χ0n) is 11.2. The molecule has 0 radical (unpaired) electrons. The van der Waals surface area contributed by atoms with Crippen LogP contribution in [-0.4, -0.2) is 13.1 Å². The zero-order valence-corrected chi connectivity index (χ0v) is 11.2. The van der Waals surface area contributed by atoms with Crippen LogP contribution >= 0.6 is 0 Å². The molecule has 2 aliphatic rings. The van der Waals surface area contributed by atoms with E-state index in [2.05, 4.69) is 19.2 Å². The average Bonchev–Trinajstić information content (AvgIpc) is 2.17. The fraction of sp³-hybridized carbons (Fsp3) is 1.00. The first-order valence-corrected chi connectivity index (χ1v) is 7.48. The molecule has 2 fully saturated rings. The van der Waals surface area contributed by atoms with Crippen molar-refractivity contribution in [3.8, 4) is 0 Å². The summed E-state index contributed by atoms with van der Waals surface area (Å²) in [5.74, 6) is 3.97. The predicted molar refractivity (Wildman–Crippen MR) is 70.5 cm³/mol. The second kappa shape index (κ2) is 6.05. The summed E-state index contributed by atoms with van der Waals surface area (Å²) in [6, 6.07) is 0. The summed E-state index contributed by atoms with van der Waals surface area (Å²) in [4.78, 5) is 0. The summed E-state index contributed by atoms with van der Waals surface area (Å²) in [5.41, 5.74) is 0. The van der Waals surface area contributed by atoms with Crippen LogP contribution < -0.4 is 5.32 Å². The number of hydrogen-bond acceptors (Lipinski definition) is 1. The molecule has 2 unspecified atom stereocenters. The topological polar surface area (TPSA) is 12.0 Å². The van der Waals surface area contributed by atoms with Crippen molar-refractivity contribution in [3.63, 3.8) is 0 Å². The largest absolute Gasteiger partial charge is 0.316 e. The van der Waals surface area contributed by atoms with Crippen LogP contribution in [0.2, 0.25) is 0 Å². The summed E-state index contributed by atoms with van der Waals surface area (Å²) in [5, 5.41) is 3.69. The summed E-state index contributed by atoms with van der Waals surface area (Å²) in [7, 11) is 0. The molecule has 94 valence electrons. The van der Waals surface area contributed by atoms with Gasteiger partial charge in [-0.1, -0.05) is 46.0 Å². The highest BCUT2D eigenvalue weighted by Gasteiger charge is 2.34. The van der Waals surface area contributed by atoms with Crippen LogP contribution in [0.5, 0.6) is 0 Å². The van der Waals surface area contributed by atoms with Gasteiger partial charge < -0.3 is 5.32 Å². The van der Waals surface area contributed by atoms with E-state index >= 15 is 0 Å². The van der Waals surface area contributed by atoms with E-state index in [0.717, 1.165) is 23.7 Å². The van der Waals surface area contributed by atoms with Crippen LogP contribution in [0, 0.1) is 23.7 Å². The van der Waals surface area contributed by atoms with Crippen molar-refractivity contribution in [1.82, 2.24) is 5.32 Å². The van der Waals surface area contributed by atoms with Crippen LogP contribution in [-0.2, 0) is 0 Å². The molecule has 16 heavy (non-hydrogen) atoms. The van der Waals surface area contributed by atoms with E-state index in [1.165, 1.54) is 58.0 Å². The molecule has 1 heteroatoms. The molecule has 0 aromatic rings. The van der Waals surface area contributed by atoms with Crippen LogP contribution in [0.3, 0.4) is 0 Å². The summed E-state index contributed by atoms with van der Waals surface area (Å²) in [6.07, 6.45) is 10.6. The average molecular weight is 223 g/mol. The lowest BCUT2D eigenvalue weighted by Crippen LogP contribution is -2.37. The van der Waals surface area contributed by atoms with E-state index in [-0.39, 0.29) is 0 Å². The van der Waals surface area contributed by atoms with Gasteiger partial charge in [0.1, 0.15) is 0 Å². The van der Waals surface area contributed by atoms with E-state index in [4.69, 9.17) is 0 Å². The molecule has 1 N–H and O–H groups in total.